The molecule has 0 amide bonds. The van der Waals surface area contributed by atoms with Gasteiger partial charge in [0.15, 0.2) is 0 Å². The van der Waals surface area contributed by atoms with Gasteiger partial charge in [0.05, 0.1) is 6.07 Å². The minimum absolute atomic E-state index is 0.193. The summed E-state index contributed by atoms with van der Waals surface area (Å²) >= 11 is 0. The molecule has 1 aromatic rings. The second-order valence-corrected chi connectivity index (χ2v) is 4.14. The summed E-state index contributed by atoms with van der Waals surface area (Å²) in [4.78, 5) is 2.30. The van der Waals surface area contributed by atoms with E-state index in [1.807, 2.05) is 6.07 Å². The number of hydrogen-bond acceptors (Lipinski definition) is 4. The normalized spacial score (nSPS) is 12.3. The number of nitriles is 1. The first-order valence-corrected chi connectivity index (χ1v) is 6.35. The van der Waals surface area contributed by atoms with Crippen molar-refractivity contribution in [3.63, 3.8) is 0 Å². The number of benzene rings is 1. The molecule has 0 saturated heterocycles. The van der Waals surface area contributed by atoms with Crippen LogP contribution in [0.3, 0.4) is 0 Å². The van der Waals surface area contributed by atoms with E-state index in [-0.39, 0.29) is 11.8 Å². The van der Waals surface area contributed by atoms with Gasteiger partial charge in [-0.3, -0.25) is 5.32 Å². The Morgan fingerprint density at radius 1 is 1.39 bits per heavy atom. The van der Waals surface area contributed by atoms with Crippen molar-refractivity contribution < 1.29 is 5.11 Å². The summed E-state index contributed by atoms with van der Waals surface area (Å²) in [7, 11) is 0. The fourth-order valence-electron chi connectivity index (χ4n) is 1.85. The molecule has 0 aliphatic rings. The highest BCUT2D eigenvalue weighted by Crippen LogP contribution is 2.17. The van der Waals surface area contributed by atoms with Crippen molar-refractivity contribution in [1.29, 1.82) is 5.26 Å². The third kappa shape index (κ3) is 4.36. The number of phenols is 1. The van der Waals surface area contributed by atoms with Crippen LogP contribution in [0.15, 0.2) is 24.3 Å². The van der Waals surface area contributed by atoms with E-state index in [2.05, 4.69) is 30.1 Å². The third-order valence-corrected chi connectivity index (χ3v) is 3.00. The number of nitrogens with one attached hydrogen (secondary N) is 1. The van der Waals surface area contributed by atoms with Gasteiger partial charge in [0.2, 0.25) is 0 Å². The highest BCUT2D eigenvalue weighted by atomic mass is 16.3. The van der Waals surface area contributed by atoms with Crippen LogP contribution in [0, 0.1) is 11.3 Å². The lowest BCUT2D eigenvalue weighted by atomic mass is 10.1. The standard InChI is InChI=1S/C14H21N3O/c1-3-17(4-2)9-8-16-14(11-15)12-6-5-7-13(18)10-12/h5-7,10,14,16,18H,3-4,8-9H2,1-2H3. The highest BCUT2D eigenvalue weighted by molar-refractivity contribution is 5.31. The minimum Gasteiger partial charge on any atom is -0.508 e. The largest absolute Gasteiger partial charge is 0.508 e. The molecule has 0 spiro atoms. The van der Waals surface area contributed by atoms with E-state index >= 15 is 0 Å². The van der Waals surface area contributed by atoms with E-state index in [0.29, 0.717) is 0 Å². The number of likely N-dealkylation sites (N-methyl/N-ethyl adjacent to an activating group) is 1. The van der Waals surface area contributed by atoms with Crippen molar-refractivity contribution in [1.82, 2.24) is 10.2 Å². The summed E-state index contributed by atoms with van der Waals surface area (Å²) in [6, 6.07) is 8.67. The average molecular weight is 247 g/mol. The van der Waals surface area contributed by atoms with Crippen LogP contribution in [0.5, 0.6) is 5.75 Å². The van der Waals surface area contributed by atoms with Crippen LogP contribution >= 0.6 is 0 Å². The fourth-order valence-corrected chi connectivity index (χ4v) is 1.85. The van der Waals surface area contributed by atoms with Crippen LogP contribution in [0.4, 0.5) is 0 Å². The van der Waals surface area contributed by atoms with Crippen molar-refractivity contribution in [2.75, 3.05) is 26.2 Å². The van der Waals surface area contributed by atoms with Crippen molar-refractivity contribution in [2.24, 2.45) is 0 Å². The second kappa shape index (κ2) is 7.70. The Labute approximate surface area is 109 Å². The summed E-state index contributed by atoms with van der Waals surface area (Å²) < 4.78 is 0. The number of nitrogens with zero attached hydrogens (tertiary/aromatic N) is 2. The molecule has 0 saturated carbocycles. The summed E-state index contributed by atoms with van der Waals surface area (Å²) in [5, 5.41) is 21.7. The van der Waals surface area contributed by atoms with Crippen molar-refractivity contribution in [3.8, 4) is 11.8 Å². The van der Waals surface area contributed by atoms with Crippen molar-refractivity contribution in [2.45, 2.75) is 19.9 Å². The summed E-state index contributed by atoms with van der Waals surface area (Å²) in [5.41, 5.74) is 0.803. The van der Waals surface area contributed by atoms with E-state index < -0.39 is 0 Å². The van der Waals surface area contributed by atoms with Gasteiger partial charge in [-0.05, 0) is 30.8 Å². The van der Waals surface area contributed by atoms with Gasteiger partial charge >= 0.3 is 0 Å². The van der Waals surface area contributed by atoms with Gasteiger partial charge in [0.1, 0.15) is 11.8 Å². The lowest BCUT2D eigenvalue weighted by molar-refractivity contribution is 0.300. The maximum Gasteiger partial charge on any atom is 0.121 e. The summed E-state index contributed by atoms with van der Waals surface area (Å²) in [6.45, 7) is 7.96. The molecule has 0 aliphatic carbocycles. The van der Waals surface area contributed by atoms with Gasteiger partial charge in [-0.15, -0.1) is 0 Å². The Morgan fingerprint density at radius 2 is 2.11 bits per heavy atom. The average Bonchev–Trinajstić information content (AvgIpc) is 2.39. The maximum absolute atomic E-state index is 9.40. The quantitative estimate of drug-likeness (QED) is 0.772. The van der Waals surface area contributed by atoms with Gasteiger partial charge in [0.25, 0.3) is 0 Å². The predicted octanol–water partition coefficient (Wildman–Crippen LogP) is 1.89. The number of hydrogen-bond donors (Lipinski definition) is 2. The maximum atomic E-state index is 9.40. The van der Waals surface area contributed by atoms with Crippen LogP contribution in [-0.4, -0.2) is 36.2 Å². The van der Waals surface area contributed by atoms with Crippen LogP contribution in [0.2, 0.25) is 0 Å². The van der Waals surface area contributed by atoms with Crippen LogP contribution in [-0.2, 0) is 0 Å². The molecular formula is C14H21N3O. The van der Waals surface area contributed by atoms with E-state index in [9.17, 15) is 5.11 Å². The fraction of sp³-hybridized carbons (Fsp3) is 0.500. The molecule has 1 rings (SSSR count). The molecule has 4 nitrogen and oxygen atoms in total. The molecule has 1 unspecified atom stereocenters. The molecule has 1 aromatic carbocycles. The predicted molar refractivity (Wildman–Crippen MR) is 72.3 cm³/mol. The molecule has 4 heteroatoms. The smallest absolute Gasteiger partial charge is 0.121 e. The zero-order valence-electron chi connectivity index (χ0n) is 11.1. The van der Waals surface area contributed by atoms with Crippen molar-refractivity contribution in [3.05, 3.63) is 29.8 Å². The lowest BCUT2D eigenvalue weighted by Crippen LogP contribution is -2.33. The molecule has 2 N–H and O–H groups in total. The van der Waals surface area contributed by atoms with Gasteiger partial charge in [-0.25, -0.2) is 0 Å². The van der Waals surface area contributed by atoms with Crippen LogP contribution in [0.1, 0.15) is 25.5 Å². The molecule has 98 valence electrons. The summed E-state index contributed by atoms with van der Waals surface area (Å²) in [5.74, 6) is 0.193. The number of aromatic hydroxyl groups is 1. The Morgan fingerprint density at radius 3 is 2.67 bits per heavy atom. The monoisotopic (exact) mass is 247 g/mol. The van der Waals surface area contributed by atoms with Crippen LogP contribution < -0.4 is 5.32 Å². The topological polar surface area (TPSA) is 59.3 Å². The second-order valence-electron chi connectivity index (χ2n) is 4.14. The first kappa shape index (κ1) is 14.5. The zero-order chi connectivity index (χ0) is 13.4. The molecule has 0 radical (unpaired) electrons. The minimum atomic E-state index is -0.368. The number of rotatable bonds is 7. The SMILES string of the molecule is CCN(CC)CCNC(C#N)c1cccc(O)c1. The summed E-state index contributed by atoms with van der Waals surface area (Å²) in [6.07, 6.45) is 0. The highest BCUT2D eigenvalue weighted by Gasteiger charge is 2.10. The van der Waals surface area contributed by atoms with Gasteiger partial charge in [0, 0.05) is 13.1 Å². The molecule has 0 bridgehead atoms. The Kier molecular flexibility index (Phi) is 6.20. The van der Waals surface area contributed by atoms with E-state index in [1.165, 1.54) is 0 Å². The molecule has 0 aliphatic heterocycles. The third-order valence-electron chi connectivity index (χ3n) is 3.00. The molecule has 0 fully saturated rings. The first-order chi connectivity index (χ1) is 8.71. The number of phenolic OH excluding ortho intramolecular Hbond substituents is 1. The van der Waals surface area contributed by atoms with Gasteiger partial charge in [-0.1, -0.05) is 26.0 Å². The Balaban J connectivity index is 2.51. The molecule has 0 heterocycles. The molecular weight excluding hydrogens is 226 g/mol. The lowest BCUT2D eigenvalue weighted by Gasteiger charge is -2.19. The Bertz CT molecular complexity index is 396. The van der Waals surface area contributed by atoms with E-state index in [4.69, 9.17) is 5.26 Å². The van der Waals surface area contributed by atoms with Gasteiger partial charge < -0.3 is 10.0 Å². The molecule has 18 heavy (non-hydrogen) atoms. The Hall–Kier alpha value is -1.57. The first-order valence-electron chi connectivity index (χ1n) is 6.35. The van der Waals surface area contributed by atoms with Crippen molar-refractivity contribution >= 4 is 0 Å². The molecule has 0 aromatic heterocycles. The van der Waals surface area contributed by atoms with Crippen LogP contribution in [0.25, 0.3) is 0 Å². The van der Waals surface area contributed by atoms with E-state index in [0.717, 1.165) is 31.7 Å². The zero-order valence-corrected chi connectivity index (χ0v) is 11.1. The van der Waals surface area contributed by atoms with Gasteiger partial charge in [-0.2, -0.15) is 5.26 Å². The van der Waals surface area contributed by atoms with E-state index in [1.54, 1.807) is 18.2 Å². The molecule has 1 atom stereocenters.